The molecule has 0 atom stereocenters. The van der Waals surface area contributed by atoms with Crippen molar-refractivity contribution < 1.29 is 13.2 Å². The number of aryl methyl sites for hydroxylation is 1. The van der Waals surface area contributed by atoms with E-state index in [1.54, 1.807) is 4.57 Å². The summed E-state index contributed by atoms with van der Waals surface area (Å²) >= 11 is 0. The van der Waals surface area contributed by atoms with Crippen LogP contribution in [0.2, 0.25) is 0 Å². The molecule has 0 saturated heterocycles. The first-order chi connectivity index (χ1) is 16.7. The summed E-state index contributed by atoms with van der Waals surface area (Å²) in [4.78, 5) is 13.4. The van der Waals surface area contributed by atoms with Crippen molar-refractivity contribution in [3.05, 3.63) is 71.0 Å². The van der Waals surface area contributed by atoms with Crippen molar-refractivity contribution >= 4 is 28.0 Å². The molecule has 0 aliphatic heterocycles. The molecular formula is C24H15F3N8. The van der Waals surface area contributed by atoms with Crippen LogP contribution in [-0.2, 0) is 19.8 Å². The van der Waals surface area contributed by atoms with Gasteiger partial charge >= 0.3 is 6.18 Å². The van der Waals surface area contributed by atoms with Gasteiger partial charge < -0.3 is 14.9 Å². The largest absolute Gasteiger partial charge is 0.416 e. The predicted molar refractivity (Wildman–Crippen MR) is 122 cm³/mol. The monoisotopic (exact) mass is 472 g/mol. The Hall–Kier alpha value is -4.90. The number of rotatable bonds is 3. The smallest absolute Gasteiger partial charge is 0.384 e. The van der Waals surface area contributed by atoms with Crippen LogP contribution in [0.25, 0.3) is 33.6 Å². The number of benzene rings is 2. The van der Waals surface area contributed by atoms with Gasteiger partial charge in [0.05, 0.1) is 28.7 Å². The lowest BCUT2D eigenvalue weighted by molar-refractivity contribution is -0.137. The first kappa shape index (κ1) is 21.9. The molecule has 2 N–H and O–H groups in total. The van der Waals surface area contributed by atoms with E-state index >= 15 is 0 Å². The van der Waals surface area contributed by atoms with E-state index in [1.165, 1.54) is 12.1 Å². The summed E-state index contributed by atoms with van der Waals surface area (Å²) in [6.45, 7) is 0.0653. The molecular weight excluding hydrogens is 457 g/mol. The Morgan fingerprint density at radius 2 is 1.60 bits per heavy atom. The molecule has 3 aromatic heterocycles. The molecule has 35 heavy (non-hydrogen) atoms. The molecule has 8 nitrogen and oxygen atoms in total. The second kappa shape index (κ2) is 7.85. The number of nitrogen functional groups attached to an aromatic ring is 1. The Labute approximate surface area is 196 Å². The minimum absolute atomic E-state index is 0.0653. The molecule has 0 aliphatic rings. The maximum Gasteiger partial charge on any atom is 0.416 e. The second-order valence-electron chi connectivity index (χ2n) is 7.84. The van der Waals surface area contributed by atoms with Crippen LogP contribution < -0.4 is 5.73 Å². The van der Waals surface area contributed by atoms with Gasteiger partial charge in [-0.1, -0.05) is 24.3 Å². The maximum atomic E-state index is 13.0. The molecule has 172 valence electrons. The first-order valence-corrected chi connectivity index (χ1v) is 10.3. The molecule has 0 bridgehead atoms. The predicted octanol–water partition coefficient (Wildman–Crippen LogP) is 4.38. The number of anilines is 1. The number of para-hydroxylation sites is 2. The number of alkyl halides is 3. The normalized spacial score (nSPS) is 11.6. The summed E-state index contributed by atoms with van der Waals surface area (Å²) in [7, 11) is 1.81. The van der Waals surface area contributed by atoms with Gasteiger partial charge in [0.25, 0.3) is 0 Å². The van der Waals surface area contributed by atoms with Crippen LogP contribution in [0.4, 0.5) is 19.0 Å². The molecule has 11 heteroatoms. The van der Waals surface area contributed by atoms with Gasteiger partial charge in [0, 0.05) is 7.05 Å². The van der Waals surface area contributed by atoms with Gasteiger partial charge in [-0.05, 0) is 29.8 Å². The molecule has 2 aromatic carbocycles. The second-order valence-corrected chi connectivity index (χ2v) is 7.84. The minimum Gasteiger partial charge on any atom is -0.384 e. The quantitative estimate of drug-likeness (QED) is 0.416. The molecule has 0 unspecified atom stereocenters. The zero-order valence-electron chi connectivity index (χ0n) is 18.2. The molecule has 0 aliphatic carbocycles. The Balaban J connectivity index is 1.75. The maximum absolute atomic E-state index is 13.0. The molecule has 3 heterocycles. The highest BCUT2D eigenvalue weighted by atomic mass is 19.4. The SMILES string of the molecule is Cn1c(-c2c(N)n(Cc3ccc(C(F)(F)F)cc3)c3nc(C#N)c(C#N)nc23)nc2ccccc21. The Kier molecular flexibility index (Phi) is 4.92. The van der Waals surface area contributed by atoms with Crippen molar-refractivity contribution in [3.63, 3.8) is 0 Å². The standard InChI is InChI=1S/C24H15F3N8/c1-34-18-5-3-2-4-15(18)32-22(34)19-20-23(33-17(11-29)16(10-28)31-20)35(21(19)30)12-13-6-8-14(9-7-13)24(25,26)27/h2-9H,12,30H2,1H3. The van der Waals surface area contributed by atoms with Gasteiger partial charge in [-0.15, -0.1) is 0 Å². The van der Waals surface area contributed by atoms with Crippen LogP contribution in [0.1, 0.15) is 22.5 Å². The van der Waals surface area contributed by atoms with Gasteiger partial charge in [-0.25, -0.2) is 15.0 Å². The molecule has 0 fully saturated rings. The average Bonchev–Trinajstić information content (AvgIpc) is 3.31. The number of aromatic nitrogens is 5. The van der Waals surface area contributed by atoms with Crippen LogP contribution in [0, 0.1) is 22.7 Å². The number of fused-ring (bicyclic) bond motifs is 2. The summed E-state index contributed by atoms with van der Waals surface area (Å²) in [5.74, 6) is 0.681. The molecule has 0 radical (unpaired) electrons. The lowest BCUT2D eigenvalue weighted by Crippen LogP contribution is -2.08. The highest BCUT2D eigenvalue weighted by Crippen LogP contribution is 2.37. The van der Waals surface area contributed by atoms with E-state index in [-0.39, 0.29) is 34.9 Å². The van der Waals surface area contributed by atoms with Gasteiger partial charge in [0.15, 0.2) is 17.0 Å². The fourth-order valence-corrected chi connectivity index (χ4v) is 4.04. The van der Waals surface area contributed by atoms with Crippen LogP contribution in [-0.4, -0.2) is 24.1 Å². The number of nitrogens with zero attached hydrogens (tertiary/aromatic N) is 7. The van der Waals surface area contributed by atoms with E-state index in [1.807, 2.05) is 48.0 Å². The molecule has 0 saturated carbocycles. The average molecular weight is 472 g/mol. The number of nitrogens with two attached hydrogens (primary N) is 1. The Morgan fingerprint density at radius 1 is 0.943 bits per heavy atom. The van der Waals surface area contributed by atoms with Crippen molar-refractivity contribution in [1.29, 1.82) is 10.5 Å². The van der Waals surface area contributed by atoms with E-state index in [9.17, 15) is 23.7 Å². The van der Waals surface area contributed by atoms with E-state index in [0.717, 1.165) is 23.2 Å². The van der Waals surface area contributed by atoms with Gasteiger partial charge in [-0.3, -0.25) is 0 Å². The molecule has 0 spiro atoms. The molecule has 5 rings (SSSR count). The highest BCUT2D eigenvalue weighted by molar-refractivity contribution is 5.99. The minimum atomic E-state index is -4.45. The van der Waals surface area contributed by atoms with Gasteiger partial charge in [0.1, 0.15) is 29.3 Å². The number of nitriles is 2. The summed E-state index contributed by atoms with van der Waals surface area (Å²) in [5.41, 5.74) is 8.44. The lowest BCUT2D eigenvalue weighted by atomic mass is 10.1. The number of hydrogen-bond donors (Lipinski definition) is 1. The number of hydrogen-bond acceptors (Lipinski definition) is 6. The summed E-state index contributed by atoms with van der Waals surface area (Å²) in [6, 6.07) is 15.9. The Bertz CT molecular complexity index is 1700. The molecule has 0 amide bonds. The lowest BCUT2D eigenvalue weighted by Gasteiger charge is -2.10. The Morgan fingerprint density at radius 3 is 2.23 bits per heavy atom. The number of halogens is 3. The van der Waals surface area contributed by atoms with E-state index < -0.39 is 11.7 Å². The third-order valence-corrected chi connectivity index (χ3v) is 5.76. The first-order valence-electron chi connectivity index (χ1n) is 10.3. The summed E-state index contributed by atoms with van der Waals surface area (Å²) in [6.07, 6.45) is -4.45. The van der Waals surface area contributed by atoms with Crippen molar-refractivity contribution in [2.75, 3.05) is 5.73 Å². The van der Waals surface area contributed by atoms with E-state index in [4.69, 9.17) is 5.73 Å². The van der Waals surface area contributed by atoms with Gasteiger partial charge in [-0.2, -0.15) is 23.7 Å². The van der Waals surface area contributed by atoms with Crippen molar-refractivity contribution in [1.82, 2.24) is 24.1 Å². The van der Waals surface area contributed by atoms with Crippen molar-refractivity contribution in [2.45, 2.75) is 12.7 Å². The van der Waals surface area contributed by atoms with Crippen molar-refractivity contribution in [3.8, 4) is 23.5 Å². The van der Waals surface area contributed by atoms with Crippen LogP contribution in [0.15, 0.2) is 48.5 Å². The van der Waals surface area contributed by atoms with Crippen LogP contribution >= 0.6 is 0 Å². The summed E-state index contributed by atoms with van der Waals surface area (Å²) in [5, 5.41) is 18.9. The van der Waals surface area contributed by atoms with Crippen LogP contribution in [0.5, 0.6) is 0 Å². The van der Waals surface area contributed by atoms with E-state index in [2.05, 4.69) is 15.0 Å². The summed E-state index contributed by atoms with van der Waals surface area (Å²) < 4.78 is 42.3. The fraction of sp³-hybridized carbons (Fsp3) is 0.125. The highest BCUT2D eigenvalue weighted by Gasteiger charge is 2.30. The van der Waals surface area contributed by atoms with Crippen molar-refractivity contribution in [2.24, 2.45) is 7.05 Å². The third-order valence-electron chi connectivity index (χ3n) is 5.76. The topological polar surface area (TPSA) is 122 Å². The fourth-order valence-electron chi connectivity index (χ4n) is 4.04. The molecule has 5 aromatic rings. The van der Waals surface area contributed by atoms with E-state index in [0.29, 0.717) is 17.0 Å². The number of imidazole rings is 1. The zero-order valence-corrected chi connectivity index (χ0v) is 18.2. The van der Waals surface area contributed by atoms with Gasteiger partial charge in [0.2, 0.25) is 0 Å². The zero-order chi connectivity index (χ0) is 24.9. The van der Waals surface area contributed by atoms with Crippen LogP contribution in [0.3, 0.4) is 0 Å². The third kappa shape index (κ3) is 3.50.